The number of nitrogens with zero attached hydrogens (tertiary/aromatic N) is 3. The molecule has 0 aromatic heterocycles. The summed E-state index contributed by atoms with van der Waals surface area (Å²) < 4.78 is 6.16. The lowest BCUT2D eigenvalue weighted by Crippen LogP contribution is -2.59. The number of fused-ring (bicyclic) bond motifs is 2. The molecule has 5 nitrogen and oxygen atoms in total. The molecule has 2 unspecified atom stereocenters. The van der Waals surface area contributed by atoms with Gasteiger partial charge in [0.2, 0.25) is 0 Å². The van der Waals surface area contributed by atoms with E-state index < -0.39 is 0 Å². The Kier molecular flexibility index (Phi) is 5.21. The summed E-state index contributed by atoms with van der Waals surface area (Å²) in [7, 11) is 0. The Balaban J connectivity index is 1.16. The fourth-order valence-electron chi connectivity index (χ4n) is 4.06. The van der Waals surface area contributed by atoms with Gasteiger partial charge < -0.3 is 10.1 Å². The minimum absolute atomic E-state index is 0.401. The first-order valence-electron chi connectivity index (χ1n) is 9.63. The maximum atomic E-state index is 8.83. The zero-order chi connectivity index (χ0) is 17.1. The van der Waals surface area contributed by atoms with E-state index in [1.165, 1.54) is 19.4 Å². The Bertz CT molecular complexity index is 593. The molecule has 2 aliphatic heterocycles. The normalized spacial score (nSPS) is 27.0. The summed E-state index contributed by atoms with van der Waals surface area (Å²) in [4.78, 5) is 5.22. The van der Waals surface area contributed by atoms with Gasteiger partial charge in [0.05, 0.1) is 23.8 Å². The van der Waals surface area contributed by atoms with Gasteiger partial charge in [0.15, 0.2) is 0 Å². The van der Waals surface area contributed by atoms with E-state index in [2.05, 4.69) is 21.2 Å². The number of rotatable bonds is 7. The number of anilines is 1. The largest absolute Gasteiger partial charge is 0.385 e. The summed E-state index contributed by atoms with van der Waals surface area (Å²) in [6, 6.07) is 9.83. The molecule has 1 aromatic carbocycles. The molecule has 134 valence electrons. The van der Waals surface area contributed by atoms with Crippen LogP contribution in [0.3, 0.4) is 0 Å². The summed E-state index contributed by atoms with van der Waals surface area (Å²) in [5, 5.41) is 12.3. The van der Waals surface area contributed by atoms with Crippen molar-refractivity contribution >= 4 is 5.69 Å². The van der Waals surface area contributed by atoms with Crippen LogP contribution in [-0.4, -0.2) is 67.8 Å². The molecule has 0 radical (unpaired) electrons. The second kappa shape index (κ2) is 7.74. The van der Waals surface area contributed by atoms with Crippen molar-refractivity contribution in [2.75, 3.05) is 51.1 Å². The highest BCUT2D eigenvalue weighted by molar-refractivity contribution is 5.47. The second-order valence-electron chi connectivity index (χ2n) is 7.77. The van der Waals surface area contributed by atoms with E-state index in [1.807, 2.05) is 24.3 Å². The molecule has 1 aliphatic carbocycles. The zero-order valence-corrected chi connectivity index (χ0v) is 14.9. The molecule has 0 spiro atoms. The lowest BCUT2D eigenvalue weighted by Gasteiger charge is -2.46. The van der Waals surface area contributed by atoms with Crippen molar-refractivity contribution in [3.05, 3.63) is 29.8 Å². The molecule has 3 fully saturated rings. The van der Waals surface area contributed by atoms with Gasteiger partial charge >= 0.3 is 0 Å². The monoisotopic (exact) mass is 340 g/mol. The minimum atomic E-state index is 0.401. The van der Waals surface area contributed by atoms with Crippen LogP contribution in [-0.2, 0) is 4.74 Å². The van der Waals surface area contributed by atoms with E-state index in [-0.39, 0.29) is 0 Å². The third-order valence-corrected chi connectivity index (χ3v) is 5.44. The average Bonchev–Trinajstić information content (AvgIpc) is 3.42. The standard InChI is InChI=1S/C20H28N4O/c21-10-16-4-6-18(7-5-16)22-8-1-9-23-12-19-14-24(11-17-2-3-17)15-20(13-23)25-19/h4-7,17,19-20,22H,1-3,8-9,11-15H2. The van der Waals surface area contributed by atoms with Crippen molar-refractivity contribution in [2.45, 2.75) is 31.5 Å². The number of benzene rings is 1. The molecular weight excluding hydrogens is 312 g/mol. The van der Waals surface area contributed by atoms with Crippen molar-refractivity contribution < 1.29 is 4.74 Å². The van der Waals surface area contributed by atoms with Crippen LogP contribution in [0.1, 0.15) is 24.8 Å². The first-order chi connectivity index (χ1) is 12.3. The second-order valence-corrected chi connectivity index (χ2v) is 7.77. The third kappa shape index (κ3) is 4.72. The summed E-state index contributed by atoms with van der Waals surface area (Å²) in [6.45, 7) is 7.78. The topological polar surface area (TPSA) is 51.5 Å². The Morgan fingerprint density at radius 3 is 2.36 bits per heavy atom. The Morgan fingerprint density at radius 1 is 1.04 bits per heavy atom. The van der Waals surface area contributed by atoms with Crippen LogP contribution >= 0.6 is 0 Å². The molecule has 3 aliphatic rings. The maximum absolute atomic E-state index is 8.83. The van der Waals surface area contributed by atoms with E-state index in [0.29, 0.717) is 17.8 Å². The van der Waals surface area contributed by atoms with Crippen LogP contribution in [0.15, 0.2) is 24.3 Å². The minimum Gasteiger partial charge on any atom is -0.385 e. The third-order valence-electron chi connectivity index (χ3n) is 5.44. The van der Waals surface area contributed by atoms with Gasteiger partial charge in [-0.1, -0.05) is 0 Å². The first-order valence-corrected chi connectivity index (χ1v) is 9.63. The van der Waals surface area contributed by atoms with Crippen molar-refractivity contribution in [2.24, 2.45) is 5.92 Å². The fourth-order valence-corrected chi connectivity index (χ4v) is 4.06. The van der Waals surface area contributed by atoms with Crippen molar-refractivity contribution in [3.8, 4) is 6.07 Å². The summed E-state index contributed by atoms with van der Waals surface area (Å²) in [5.41, 5.74) is 1.80. The number of ether oxygens (including phenoxy) is 1. The number of nitriles is 1. The Morgan fingerprint density at radius 2 is 1.72 bits per heavy atom. The SMILES string of the molecule is N#Cc1ccc(NCCCN2CC3CN(CC4CC4)CC(C2)O3)cc1. The molecule has 2 saturated heterocycles. The molecule has 25 heavy (non-hydrogen) atoms. The van der Waals surface area contributed by atoms with Crippen molar-refractivity contribution in [3.63, 3.8) is 0 Å². The van der Waals surface area contributed by atoms with Gasteiger partial charge in [-0.3, -0.25) is 9.80 Å². The van der Waals surface area contributed by atoms with E-state index in [0.717, 1.165) is 57.3 Å². The van der Waals surface area contributed by atoms with Crippen molar-refractivity contribution in [1.82, 2.24) is 9.80 Å². The van der Waals surface area contributed by atoms with Gasteiger partial charge in [0.25, 0.3) is 0 Å². The average molecular weight is 340 g/mol. The fraction of sp³-hybridized carbons (Fsp3) is 0.650. The number of hydrogen-bond acceptors (Lipinski definition) is 5. The Labute approximate surface area is 150 Å². The molecule has 4 rings (SSSR count). The van der Waals surface area contributed by atoms with Crippen molar-refractivity contribution in [1.29, 1.82) is 5.26 Å². The highest BCUT2D eigenvalue weighted by Crippen LogP contribution is 2.31. The van der Waals surface area contributed by atoms with Gasteiger partial charge in [0.1, 0.15) is 0 Å². The molecular formula is C20H28N4O. The van der Waals surface area contributed by atoms with Crippen LogP contribution in [0.4, 0.5) is 5.69 Å². The molecule has 5 heteroatoms. The summed E-state index contributed by atoms with van der Waals surface area (Å²) in [5.74, 6) is 0.975. The van der Waals surface area contributed by atoms with Gasteiger partial charge in [-0.2, -0.15) is 5.26 Å². The first kappa shape index (κ1) is 16.8. The van der Waals surface area contributed by atoms with Gasteiger partial charge in [-0.25, -0.2) is 0 Å². The summed E-state index contributed by atoms with van der Waals surface area (Å²) >= 11 is 0. The molecule has 2 bridgehead atoms. The molecule has 0 amide bonds. The van der Waals surface area contributed by atoms with Gasteiger partial charge in [0, 0.05) is 51.5 Å². The lowest BCUT2D eigenvalue weighted by atomic mass is 10.1. The smallest absolute Gasteiger partial charge is 0.0991 e. The van der Waals surface area contributed by atoms with Gasteiger partial charge in [-0.15, -0.1) is 0 Å². The number of nitrogens with one attached hydrogen (secondary N) is 1. The quantitative estimate of drug-likeness (QED) is 0.771. The van der Waals surface area contributed by atoms with Gasteiger partial charge in [-0.05, 0) is 49.4 Å². The van der Waals surface area contributed by atoms with E-state index in [1.54, 1.807) is 0 Å². The molecule has 2 atom stereocenters. The molecule has 1 aromatic rings. The number of hydrogen-bond donors (Lipinski definition) is 1. The highest BCUT2D eigenvalue weighted by Gasteiger charge is 2.36. The van der Waals surface area contributed by atoms with Crippen LogP contribution in [0.5, 0.6) is 0 Å². The predicted octanol–water partition coefficient (Wildman–Crippen LogP) is 2.16. The Hall–Kier alpha value is -1.61. The van der Waals surface area contributed by atoms with Crippen LogP contribution in [0.25, 0.3) is 0 Å². The molecule has 2 heterocycles. The van der Waals surface area contributed by atoms with E-state index in [4.69, 9.17) is 10.00 Å². The molecule has 1 N–H and O–H groups in total. The zero-order valence-electron chi connectivity index (χ0n) is 14.9. The predicted molar refractivity (Wildman–Crippen MR) is 98.5 cm³/mol. The van der Waals surface area contributed by atoms with Crippen LogP contribution < -0.4 is 5.32 Å². The highest BCUT2D eigenvalue weighted by atomic mass is 16.5. The van der Waals surface area contributed by atoms with E-state index >= 15 is 0 Å². The number of morpholine rings is 2. The lowest BCUT2D eigenvalue weighted by molar-refractivity contribution is -0.138. The molecule has 1 saturated carbocycles. The van der Waals surface area contributed by atoms with E-state index in [9.17, 15) is 0 Å². The van der Waals surface area contributed by atoms with Crippen LogP contribution in [0.2, 0.25) is 0 Å². The maximum Gasteiger partial charge on any atom is 0.0991 e. The summed E-state index contributed by atoms with van der Waals surface area (Å²) in [6.07, 6.45) is 4.80. The van der Waals surface area contributed by atoms with Crippen LogP contribution in [0, 0.1) is 17.2 Å².